The summed E-state index contributed by atoms with van der Waals surface area (Å²) in [7, 11) is 0. The fourth-order valence-corrected chi connectivity index (χ4v) is 4.11. The van der Waals surface area contributed by atoms with Crippen LogP contribution >= 0.6 is 11.6 Å². The molecule has 1 aliphatic rings. The number of benzene rings is 1. The number of pyridine rings is 1. The van der Waals surface area contributed by atoms with Gasteiger partial charge in [-0.25, -0.2) is 4.39 Å². The Labute approximate surface area is 181 Å². The zero-order valence-corrected chi connectivity index (χ0v) is 17.7. The first kappa shape index (κ1) is 22.2. The number of hydrogen-bond donors (Lipinski definition) is 1. The largest absolute Gasteiger partial charge is 0.351 e. The Morgan fingerprint density at radius 3 is 2.60 bits per heavy atom. The highest BCUT2D eigenvalue weighted by atomic mass is 35.5. The van der Waals surface area contributed by atoms with E-state index in [1.54, 1.807) is 42.7 Å². The van der Waals surface area contributed by atoms with E-state index in [9.17, 15) is 14.0 Å². The summed E-state index contributed by atoms with van der Waals surface area (Å²) in [4.78, 5) is 31.6. The van der Waals surface area contributed by atoms with E-state index in [1.807, 2.05) is 0 Å². The molecule has 1 atom stereocenters. The van der Waals surface area contributed by atoms with Gasteiger partial charge in [0.15, 0.2) is 0 Å². The second-order valence-corrected chi connectivity index (χ2v) is 7.86. The smallest absolute Gasteiger partial charge is 0.247 e. The monoisotopic (exact) mass is 431 g/mol. The van der Waals surface area contributed by atoms with Gasteiger partial charge in [0.25, 0.3) is 0 Å². The second kappa shape index (κ2) is 11.1. The highest BCUT2D eigenvalue weighted by Gasteiger charge is 2.32. The topological polar surface area (TPSA) is 62.3 Å². The third-order valence-electron chi connectivity index (χ3n) is 5.53. The average molecular weight is 432 g/mol. The van der Waals surface area contributed by atoms with Crippen LogP contribution in [0, 0.1) is 5.82 Å². The van der Waals surface area contributed by atoms with Gasteiger partial charge in [-0.15, -0.1) is 11.6 Å². The van der Waals surface area contributed by atoms with Gasteiger partial charge in [0.2, 0.25) is 11.8 Å². The Morgan fingerprint density at radius 1 is 1.17 bits per heavy atom. The summed E-state index contributed by atoms with van der Waals surface area (Å²) in [6.07, 6.45) is 8.70. The van der Waals surface area contributed by atoms with Crippen molar-refractivity contribution in [2.75, 3.05) is 12.4 Å². The summed E-state index contributed by atoms with van der Waals surface area (Å²) in [6.45, 7) is 0.171. The molecule has 7 heteroatoms. The summed E-state index contributed by atoms with van der Waals surface area (Å²) >= 11 is 5.88. The fourth-order valence-electron chi connectivity index (χ4n) is 3.95. The molecule has 1 aromatic heterocycles. The molecule has 1 heterocycles. The lowest BCUT2D eigenvalue weighted by Gasteiger charge is -2.33. The number of nitrogens with zero attached hydrogens (tertiary/aromatic N) is 2. The molecule has 2 amide bonds. The third kappa shape index (κ3) is 5.79. The molecule has 0 bridgehead atoms. The minimum absolute atomic E-state index is 0.102. The van der Waals surface area contributed by atoms with Gasteiger partial charge in [0.05, 0.1) is 0 Å². The molecule has 1 unspecified atom stereocenters. The van der Waals surface area contributed by atoms with Crippen molar-refractivity contribution in [3.63, 3.8) is 0 Å². The van der Waals surface area contributed by atoms with Crippen molar-refractivity contribution in [3.05, 3.63) is 65.7 Å². The molecule has 0 aliphatic heterocycles. The Morgan fingerprint density at radius 2 is 1.93 bits per heavy atom. The van der Waals surface area contributed by atoms with Crippen LogP contribution in [0.2, 0.25) is 0 Å². The van der Waals surface area contributed by atoms with Gasteiger partial charge in [0, 0.05) is 30.5 Å². The van der Waals surface area contributed by atoms with Crippen molar-refractivity contribution in [2.45, 2.75) is 50.6 Å². The lowest BCUT2D eigenvalue weighted by Crippen LogP contribution is -2.48. The molecular formula is C23H27ClFN3O2. The second-order valence-electron chi connectivity index (χ2n) is 7.59. The van der Waals surface area contributed by atoms with E-state index in [0.717, 1.165) is 25.7 Å². The van der Waals surface area contributed by atoms with E-state index < -0.39 is 6.04 Å². The molecule has 1 saturated carbocycles. The zero-order valence-electron chi connectivity index (χ0n) is 16.9. The van der Waals surface area contributed by atoms with E-state index >= 15 is 0 Å². The minimum Gasteiger partial charge on any atom is -0.351 e. The minimum atomic E-state index is -0.862. The van der Waals surface area contributed by atoms with E-state index in [4.69, 9.17) is 11.6 Å². The number of hydrogen-bond acceptors (Lipinski definition) is 3. The van der Waals surface area contributed by atoms with Crippen LogP contribution in [0.15, 0.2) is 48.8 Å². The number of carbonyl (C=O) groups excluding carboxylic acids is 2. The van der Waals surface area contributed by atoms with Crippen LogP contribution in [-0.2, 0) is 16.0 Å². The number of halogens is 2. The van der Waals surface area contributed by atoms with Crippen molar-refractivity contribution < 1.29 is 14.0 Å². The van der Waals surface area contributed by atoms with Gasteiger partial charge in [-0.05, 0) is 37.0 Å². The molecule has 160 valence electrons. The zero-order chi connectivity index (χ0) is 21.3. The summed E-state index contributed by atoms with van der Waals surface area (Å²) in [5.41, 5.74) is 1.10. The quantitative estimate of drug-likeness (QED) is 0.642. The van der Waals surface area contributed by atoms with E-state index in [-0.39, 0.29) is 42.5 Å². The number of carbonyl (C=O) groups is 2. The molecule has 3 rings (SSSR count). The molecule has 1 aliphatic carbocycles. The maximum absolute atomic E-state index is 14.1. The van der Waals surface area contributed by atoms with Crippen LogP contribution in [0.3, 0.4) is 0 Å². The Hall–Kier alpha value is -2.47. The lowest BCUT2D eigenvalue weighted by atomic mass is 9.94. The standard InChI is InChI=1S/C23H27ClFN3O2/c24-15-21(29)28(14-12-17-7-4-5-11-20(17)25)22(18-8-6-13-26-16-18)23(30)27-19-9-2-1-3-10-19/h4-8,11,13,16,19,22H,1-3,9-10,12,14-15H2,(H,27,30). The van der Waals surface area contributed by atoms with Gasteiger partial charge in [0.1, 0.15) is 17.7 Å². The van der Waals surface area contributed by atoms with E-state index in [2.05, 4.69) is 10.3 Å². The molecule has 30 heavy (non-hydrogen) atoms. The van der Waals surface area contributed by atoms with Gasteiger partial charge in [-0.1, -0.05) is 43.5 Å². The van der Waals surface area contributed by atoms with Crippen LogP contribution in [0.1, 0.15) is 49.3 Å². The Bertz CT molecular complexity index is 843. The predicted molar refractivity (Wildman–Crippen MR) is 115 cm³/mol. The molecule has 5 nitrogen and oxygen atoms in total. The first-order chi connectivity index (χ1) is 14.6. The first-order valence-electron chi connectivity index (χ1n) is 10.4. The molecular weight excluding hydrogens is 405 g/mol. The van der Waals surface area contributed by atoms with Crippen molar-refractivity contribution in [1.82, 2.24) is 15.2 Å². The highest BCUT2D eigenvalue weighted by molar-refractivity contribution is 6.27. The maximum Gasteiger partial charge on any atom is 0.247 e. The van der Waals surface area contributed by atoms with Gasteiger partial charge >= 0.3 is 0 Å². The summed E-state index contributed by atoms with van der Waals surface area (Å²) < 4.78 is 14.1. The number of nitrogens with one attached hydrogen (secondary N) is 1. The normalized spacial score (nSPS) is 15.4. The van der Waals surface area contributed by atoms with Crippen LogP contribution in [0.5, 0.6) is 0 Å². The van der Waals surface area contributed by atoms with Gasteiger partial charge < -0.3 is 10.2 Å². The van der Waals surface area contributed by atoms with Gasteiger partial charge in [-0.2, -0.15) is 0 Å². The Balaban J connectivity index is 1.85. The predicted octanol–water partition coefficient (Wildman–Crippen LogP) is 4.02. The Kier molecular flexibility index (Phi) is 8.20. The van der Waals surface area contributed by atoms with E-state index in [1.165, 1.54) is 17.4 Å². The molecule has 2 aromatic rings. The highest BCUT2D eigenvalue weighted by Crippen LogP contribution is 2.24. The molecule has 0 saturated heterocycles. The van der Waals surface area contributed by atoms with Crippen molar-refractivity contribution in [1.29, 1.82) is 0 Å². The molecule has 1 N–H and O–H groups in total. The van der Waals surface area contributed by atoms with Crippen LogP contribution in [0.4, 0.5) is 4.39 Å². The van der Waals surface area contributed by atoms with Crippen molar-refractivity contribution in [3.8, 4) is 0 Å². The molecule has 1 fully saturated rings. The molecule has 0 spiro atoms. The van der Waals surface area contributed by atoms with Crippen LogP contribution in [-0.4, -0.2) is 40.2 Å². The van der Waals surface area contributed by atoms with Crippen molar-refractivity contribution >= 4 is 23.4 Å². The number of alkyl halides is 1. The fraction of sp³-hybridized carbons (Fsp3) is 0.435. The number of aromatic nitrogens is 1. The van der Waals surface area contributed by atoms with E-state index in [0.29, 0.717) is 11.1 Å². The maximum atomic E-state index is 14.1. The average Bonchev–Trinajstić information content (AvgIpc) is 2.78. The lowest BCUT2D eigenvalue weighted by molar-refractivity contribution is -0.139. The third-order valence-corrected chi connectivity index (χ3v) is 5.75. The first-order valence-corrected chi connectivity index (χ1v) is 10.9. The summed E-state index contributed by atoms with van der Waals surface area (Å²) in [5, 5.41) is 3.11. The number of rotatable bonds is 8. The molecule has 0 radical (unpaired) electrons. The molecule has 1 aromatic carbocycles. The van der Waals surface area contributed by atoms with Crippen LogP contribution < -0.4 is 5.32 Å². The summed E-state index contributed by atoms with van der Waals surface area (Å²) in [5.74, 6) is -1.21. The van der Waals surface area contributed by atoms with Gasteiger partial charge in [-0.3, -0.25) is 14.6 Å². The van der Waals surface area contributed by atoms with Crippen molar-refractivity contribution in [2.24, 2.45) is 0 Å². The summed E-state index contributed by atoms with van der Waals surface area (Å²) in [6, 6.07) is 9.18. The van der Waals surface area contributed by atoms with Crippen LogP contribution in [0.25, 0.3) is 0 Å². The SMILES string of the molecule is O=C(NC1CCCCC1)C(c1cccnc1)N(CCc1ccccc1F)C(=O)CCl. The number of amides is 2.